The van der Waals surface area contributed by atoms with Crippen LogP contribution in [0.15, 0.2) is 91.0 Å². The second-order valence-electron chi connectivity index (χ2n) is 11.2. The molecule has 1 fully saturated rings. The van der Waals surface area contributed by atoms with Crippen LogP contribution in [0.4, 0.5) is 9.59 Å². The first-order chi connectivity index (χ1) is 20.1. The second-order valence-corrected chi connectivity index (χ2v) is 11.2. The molecule has 42 heavy (non-hydrogen) atoms. The number of ether oxygens (including phenoxy) is 2. The van der Waals surface area contributed by atoms with Crippen LogP contribution in [0.3, 0.4) is 0 Å². The predicted molar refractivity (Wildman–Crippen MR) is 157 cm³/mol. The maximum Gasteiger partial charge on any atom is 0.416 e. The number of nitrogens with one attached hydrogen (secondary N) is 2. The van der Waals surface area contributed by atoms with Crippen LogP contribution in [0.2, 0.25) is 0 Å². The molecule has 3 aromatic carbocycles. The zero-order valence-corrected chi connectivity index (χ0v) is 24.1. The molecule has 4 rings (SSSR count). The summed E-state index contributed by atoms with van der Waals surface area (Å²) in [4.78, 5) is 53.8. The molecule has 9 nitrogen and oxygen atoms in total. The number of imide groups is 1. The van der Waals surface area contributed by atoms with Gasteiger partial charge in [-0.25, -0.2) is 14.5 Å². The van der Waals surface area contributed by atoms with E-state index in [1.165, 1.54) is 0 Å². The third-order valence-electron chi connectivity index (χ3n) is 6.73. The summed E-state index contributed by atoms with van der Waals surface area (Å²) >= 11 is 0. The van der Waals surface area contributed by atoms with Crippen LogP contribution in [-0.2, 0) is 31.9 Å². The molecule has 0 radical (unpaired) electrons. The molecule has 0 aromatic heterocycles. The van der Waals surface area contributed by atoms with Crippen molar-refractivity contribution in [1.82, 2.24) is 15.5 Å². The minimum Gasteiger partial charge on any atom is -0.447 e. The van der Waals surface area contributed by atoms with Gasteiger partial charge in [0.15, 0.2) is 0 Å². The van der Waals surface area contributed by atoms with Gasteiger partial charge in [-0.05, 0) is 43.9 Å². The maximum atomic E-state index is 13.7. The highest BCUT2D eigenvalue weighted by Crippen LogP contribution is 2.24. The molecule has 3 atom stereocenters. The summed E-state index contributed by atoms with van der Waals surface area (Å²) in [6.07, 6.45) is -0.943. The summed E-state index contributed by atoms with van der Waals surface area (Å²) in [5.41, 5.74) is 1.74. The van der Waals surface area contributed by atoms with Crippen molar-refractivity contribution in [2.75, 3.05) is 6.61 Å². The van der Waals surface area contributed by atoms with E-state index in [0.717, 1.165) is 16.0 Å². The Balaban J connectivity index is 1.54. The van der Waals surface area contributed by atoms with E-state index in [1.807, 2.05) is 78.9 Å². The predicted octanol–water partition coefficient (Wildman–Crippen LogP) is 4.96. The topological polar surface area (TPSA) is 114 Å². The lowest BCUT2D eigenvalue weighted by molar-refractivity contribution is -0.130. The van der Waals surface area contributed by atoms with Gasteiger partial charge in [-0.3, -0.25) is 9.59 Å². The molecule has 220 valence electrons. The van der Waals surface area contributed by atoms with Gasteiger partial charge in [-0.15, -0.1) is 0 Å². The Labute approximate surface area is 246 Å². The van der Waals surface area contributed by atoms with Crippen LogP contribution < -0.4 is 10.6 Å². The first-order valence-electron chi connectivity index (χ1n) is 14.0. The van der Waals surface area contributed by atoms with E-state index < -0.39 is 47.7 Å². The van der Waals surface area contributed by atoms with Crippen molar-refractivity contribution in [3.05, 3.63) is 108 Å². The first kappa shape index (κ1) is 30.3. The van der Waals surface area contributed by atoms with Crippen LogP contribution in [0.1, 0.15) is 49.9 Å². The molecule has 0 bridgehead atoms. The molecule has 2 N–H and O–H groups in total. The number of hydrogen-bond donors (Lipinski definition) is 2. The lowest BCUT2D eigenvalue weighted by Crippen LogP contribution is -2.50. The summed E-state index contributed by atoms with van der Waals surface area (Å²) < 4.78 is 10.7. The van der Waals surface area contributed by atoms with Gasteiger partial charge in [0.1, 0.15) is 18.2 Å². The smallest absolute Gasteiger partial charge is 0.416 e. The van der Waals surface area contributed by atoms with Gasteiger partial charge >= 0.3 is 12.2 Å². The fraction of sp³-hybridized carbons (Fsp3) is 0.333. The molecule has 0 aliphatic carbocycles. The fourth-order valence-electron chi connectivity index (χ4n) is 4.79. The number of cyclic esters (lactones) is 1. The minimum absolute atomic E-state index is 0.0980. The lowest BCUT2D eigenvalue weighted by atomic mass is 10.00. The number of carbonyl (C=O) groups is 4. The summed E-state index contributed by atoms with van der Waals surface area (Å²) in [7, 11) is 0. The van der Waals surface area contributed by atoms with Gasteiger partial charge in [0.25, 0.3) is 0 Å². The molecule has 1 saturated heterocycles. The summed E-state index contributed by atoms with van der Waals surface area (Å²) in [6, 6.07) is 25.7. The van der Waals surface area contributed by atoms with Crippen molar-refractivity contribution in [2.24, 2.45) is 0 Å². The van der Waals surface area contributed by atoms with Crippen molar-refractivity contribution in [3.8, 4) is 0 Å². The van der Waals surface area contributed by atoms with E-state index in [1.54, 1.807) is 32.9 Å². The van der Waals surface area contributed by atoms with Crippen molar-refractivity contribution in [2.45, 2.75) is 63.8 Å². The number of alkyl carbamates (subject to hydrolysis) is 1. The second kappa shape index (κ2) is 13.8. The van der Waals surface area contributed by atoms with Gasteiger partial charge in [0, 0.05) is 6.42 Å². The highest BCUT2D eigenvalue weighted by atomic mass is 16.6. The van der Waals surface area contributed by atoms with Crippen LogP contribution in [0.25, 0.3) is 0 Å². The van der Waals surface area contributed by atoms with Crippen molar-refractivity contribution >= 4 is 24.0 Å². The Morgan fingerprint density at radius 3 is 2.05 bits per heavy atom. The first-order valence-corrected chi connectivity index (χ1v) is 14.0. The number of nitrogens with zero attached hydrogens (tertiary/aromatic N) is 1. The molecular weight excluding hydrogens is 534 g/mol. The molecule has 1 aliphatic heterocycles. The molecule has 4 amide bonds. The highest BCUT2D eigenvalue weighted by molar-refractivity contribution is 5.94. The molecule has 0 unspecified atom stereocenters. The van der Waals surface area contributed by atoms with Crippen LogP contribution in [0.5, 0.6) is 0 Å². The average molecular weight is 572 g/mol. The zero-order chi connectivity index (χ0) is 30.1. The Kier molecular flexibility index (Phi) is 9.96. The molecular formula is C33H37N3O6. The van der Waals surface area contributed by atoms with Crippen molar-refractivity contribution in [1.29, 1.82) is 0 Å². The van der Waals surface area contributed by atoms with E-state index in [2.05, 4.69) is 10.6 Å². The van der Waals surface area contributed by atoms with Crippen LogP contribution in [0, 0.1) is 0 Å². The summed E-state index contributed by atoms with van der Waals surface area (Å²) in [5.74, 6) is -0.955. The Morgan fingerprint density at radius 2 is 1.45 bits per heavy atom. The Morgan fingerprint density at radius 1 is 0.881 bits per heavy atom. The van der Waals surface area contributed by atoms with E-state index in [9.17, 15) is 19.2 Å². The molecule has 9 heteroatoms. The zero-order valence-electron chi connectivity index (χ0n) is 24.1. The number of hydrogen-bond acceptors (Lipinski definition) is 6. The average Bonchev–Trinajstić information content (AvgIpc) is 3.32. The number of carbonyl (C=O) groups excluding carboxylic acids is 4. The number of benzene rings is 3. The molecule has 1 aliphatic rings. The van der Waals surface area contributed by atoms with Gasteiger partial charge in [-0.2, -0.15) is 0 Å². The molecule has 0 saturated carbocycles. The van der Waals surface area contributed by atoms with Crippen molar-refractivity contribution < 1.29 is 28.7 Å². The third kappa shape index (κ3) is 8.67. The number of amides is 4. The van der Waals surface area contributed by atoms with Gasteiger partial charge < -0.3 is 20.1 Å². The summed E-state index contributed by atoms with van der Waals surface area (Å²) in [5, 5.41) is 5.63. The van der Waals surface area contributed by atoms with E-state index >= 15 is 0 Å². The Bertz CT molecular complexity index is 1360. The Hall–Kier alpha value is -4.66. The molecule has 1 heterocycles. The standard InChI is InChI=1S/C33H37N3O6/c1-33(2,3)42-31(39)35-28(20-24-15-9-5-10-16-24)30(38)34-27(25-17-11-6-12-18-25)21-29(37)36-26(22-41-32(36)40)19-23-13-7-4-8-14-23/h4-18,26-28H,19-22H2,1-3H3,(H,34,38)(H,35,39)/t26-,27+,28-/m0/s1. The minimum atomic E-state index is -0.980. The monoisotopic (exact) mass is 571 g/mol. The van der Waals surface area contributed by atoms with Crippen molar-refractivity contribution in [3.63, 3.8) is 0 Å². The number of rotatable bonds is 10. The van der Waals surface area contributed by atoms with Crippen LogP contribution >= 0.6 is 0 Å². The SMILES string of the molecule is CC(C)(C)OC(=O)N[C@@H](Cc1ccccc1)C(=O)N[C@H](CC(=O)N1C(=O)OC[C@@H]1Cc1ccccc1)c1ccccc1. The van der Waals surface area contributed by atoms with Crippen LogP contribution in [-0.4, -0.2) is 53.2 Å². The molecule has 3 aromatic rings. The summed E-state index contributed by atoms with van der Waals surface area (Å²) in [6.45, 7) is 5.32. The largest absolute Gasteiger partial charge is 0.447 e. The molecule has 0 spiro atoms. The quantitative estimate of drug-likeness (QED) is 0.356. The van der Waals surface area contributed by atoms with E-state index in [-0.39, 0.29) is 19.4 Å². The van der Waals surface area contributed by atoms with Gasteiger partial charge in [-0.1, -0.05) is 91.0 Å². The van der Waals surface area contributed by atoms with E-state index in [4.69, 9.17) is 9.47 Å². The third-order valence-corrected chi connectivity index (χ3v) is 6.73. The van der Waals surface area contributed by atoms with Gasteiger partial charge in [0.2, 0.25) is 11.8 Å². The normalized spacial score (nSPS) is 16.2. The maximum absolute atomic E-state index is 13.7. The van der Waals surface area contributed by atoms with Gasteiger partial charge in [0.05, 0.1) is 18.5 Å². The highest BCUT2D eigenvalue weighted by Gasteiger charge is 2.39. The van der Waals surface area contributed by atoms with E-state index in [0.29, 0.717) is 12.0 Å². The lowest BCUT2D eigenvalue weighted by Gasteiger charge is -2.27. The fourth-order valence-corrected chi connectivity index (χ4v) is 4.79.